The third-order valence-electron chi connectivity index (χ3n) is 10.3. The molecule has 0 atom stereocenters. The minimum Gasteiger partial charge on any atom is -0.456 e. The van der Waals surface area contributed by atoms with Crippen molar-refractivity contribution in [2.24, 2.45) is 0 Å². The normalized spacial score (nSPS) is 11.7. The maximum atomic E-state index is 6.50. The number of benzene rings is 8. The van der Waals surface area contributed by atoms with E-state index in [2.05, 4.69) is 109 Å². The zero-order chi connectivity index (χ0) is 35.6. The highest BCUT2D eigenvalue weighted by Crippen LogP contribution is 2.42. The highest BCUT2D eigenvalue weighted by Gasteiger charge is 2.20. The first-order valence-corrected chi connectivity index (χ1v) is 18.0. The predicted octanol–water partition coefficient (Wildman–Crippen LogP) is 13.2. The van der Waals surface area contributed by atoms with Gasteiger partial charge in [-0.05, 0) is 75.1 Å². The minimum atomic E-state index is 0.580. The van der Waals surface area contributed by atoms with Gasteiger partial charge in [-0.2, -0.15) is 0 Å². The summed E-state index contributed by atoms with van der Waals surface area (Å²) in [6.45, 7) is 0. The lowest BCUT2D eigenvalue weighted by Crippen LogP contribution is -1.97. The first-order chi connectivity index (χ1) is 26.7. The molecule has 0 spiro atoms. The molecule has 3 aromatic heterocycles. The fraction of sp³-hybridized carbons (Fsp3) is 0. The molecular formula is C49H29N3O2. The van der Waals surface area contributed by atoms with Crippen molar-refractivity contribution in [3.63, 3.8) is 0 Å². The van der Waals surface area contributed by atoms with E-state index in [1.807, 2.05) is 66.7 Å². The Bertz CT molecular complexity index is 3200. The van der Waals surface area contributed by atoms with Crippen LogP contribution in [0.1, 0.15) is 0 Å². The van der Waals surface area contributed by atoms with Gasteiger partial charge in [0, 0.05) is 27.6 Å². The van der Waals surface area contributed by atoms with E-state index >= 15 is 0 Å². The maximum Gasteiger partial charge on any atom is 0.227 e. The monoisotopic (exact) mass is 691 g/mol. The van der Waals surface area contributed by atoms with Crippen LogP contribution in [0.15, 0.2) is 185 Å². The van der Waals surface area contributed by atoms with Gasteiger partial charge in [-0.15, -0.1) is 0 Å². The summed E-state index contributed by atoms with van der Waals surface area (Å²) in [6.07, 6.45) is 0. The van der Waals surface area contributed by atoms with E-state index in [9.17, 15) is 0 Å². The number of furan rings is 1. The quantitative estimate of drug-likeness (QED) is 0.180. The highest BCUT2D eigenvalue weighted by molar-refractivity contribution is 6.25. The Morgan fingerprint density at radius 2 is 0.981 bits per heavy atom. The maximum absolute atomic E-state index is 6.50. The Hall–Kier alpha value is -7.37. The first-order valence-electron chi connectivity index (χ1n) is 18.0. The molecule has 0 saturated heterocycles. The largest absolute Gasteiger partial charge is 0.456 e. The summed E-state index contributed by atoms with van der Waals surface area (Å²) in [5, 5.41) is 6.31. The van der Waals surface area contributed by atoms with Crippen molar-refractivity contribution in [1.29, 1.82) is 0 Å². The van der Waals surface area contributed by atoms with Crippen LogP contribution in [-0.4, -0.2) is 15.0 Å². The lowest BCUT2D eigenvalue weighted by Gasteiger charge is -2.14. The lowest BCUT2D eigenvalue weighted by atomic mass is 9.93. The van der Waals surface area contributed by atoms with Gasteiger partial charge in [0.15, 0.2) is 11.4 Å². The van der Waals surface area contributed by atoms with Gasteiger partial charge in [0.2, 0.25) is 5.89 Å². The van der Waals surface area contributed by atoms with Gasteiger partial charge >= 0.3 is 0 Å². The predicted molar refractivity (Wildman–Crippen MR) is 219 cm³/mol. The van der Waals surface area contributed by atoms with Crippen molar-refractivity contribution in [3.05, 3.63) is 176 Å². The first kappa shape index (κ1) is 30.3. The summed E-state index contributed by atoms with van der Waals surface area (Å²) in [5.41, 5.74) is 11.0. The SMILES string of the molecule is c1ccc(-c2cc(-c3ccc(-c4ccccc4)c4ccccc34)nc(-c3ccc4ccc5oc6ccc7nc(-c8ccccc8)oc7c6c5c4c3)n2)cc1. The molecule has 0 aliphatic rings. The van der Waals surface area contributed by atoms with E-state index in [1.165, 1.54) is 16.5 Å². The van der Waals surface area contributed by atoms with Gasteiger partial charge in [0.1, 0.15) is 16.7 Å². The Kier molecular flexibility index (Phi) is 6.79. The van der Waals surface area contributed by atoms with E-state index in [1.54, 1.807) is 0 Å². The van der Waals surface area contributed by atoms with Crippen LogP contribution in [0, 0.1) is 0 Å². The summed E-state index contributed by atoms with van der Waals surface area (Å²) in [4.78, 5) is 15.4. The molecule has 5 heteroatoms. The van der Waals surface area contributed by atoms with E-state index in [-0.39, 0.29) is 0 Å². The van der Waals surface area contributed by atoms with Gasteiger partial charge < -0.3 is 8.83 Å². The minimum absolute atomic E-state index is 0.580. The molecule has 252 valence electrons. The average molecular weight is 692 g/mol. The fourth-order valence-corrected chi connectivity index (χ4v) is 7.76. The standard InChI is InChI=1S/C49H29N3O2/c1-4-12-30(13-5-1)35-23-24-38(37-19-11-10-18-36(35)37)42-29-41(32-14-6-2-7-15-32)50-48(51-42)34-21-20-31-22-26-43-45(39(31)28-34)46-44(53-43)27-25-40-47(46)54-49(52-40)33-16-8-3-9-17-33/h1-29H. The second-order valence-electron chi connectivity index (χ2n) is 13.5. The topological polar surface area (TPSA) is 65.0 Å². The van der Waals surface area contributed by atoms with Crippen LogP contribution in [0.5, 0.6) is 0 Å². The molecule has 8 aromatic carbocycles. The molecule has 0 N–H and O–H groups in total. The molecule has 0 radical (unpaired) electrons. The number of aromatic nitrogens is 3. The van der Waals surface area contributed by atoms with Gasteiger partial charge in [-0.25, -0.2) is 15.0 Å². The van der Waals surface area contributed by atoms with Gasteiger partial charge in [-0.1, -0.05) is 133 Å². The summed E-state index contributed by atoms with van der Waals surface area (Å²) in [5.74, 6) is 1.22. The van der Waals surface area contributed by atoms with E-state index in [4.69, 9.17) is 23.8 Å². The molecule has 0 bridgehead atoms. The van der Waals surface area contributed by atoms with Crippen molar-refractivity contribution in [1.82, 2.24) is 15.0 Å². The second-order valence-corrected chi connectivity index (χ2v) is 13.5. The van der Waals surface area contributed by atoms with Crippen molar-refractivity contribution in [3.8, 4) is 56.5 Å². The number of fused-ring (bicyclic) bond motifs is 8. The Balaban J connectivity index is 1.13. The molecule has 0 aliphatic heterocycles. The van der Waals surface area contributed by atoms with Crippen molar-refractivity contribution >= 4 is 54.6 Å². The molecule has 0 aliphatic carbocycles. The summed E-state index contributed by atoms with van der Waals surface area (Å²) >= 11 is 0. The third kappa shape index (κ3) is 4.90. The number of oxazole rings is 1. The summed E-state index contributed by atoms with van der Waals surface area (Å²) in [7, 11) is 0. The van der Waals surface area contributed by atoms with Crippen molar-refractivity contribution in [2.75, 3.05) is 0 Å². The molecule has 0 saturated carbocycles. The summed E-state index contributed by atoms with van der Waals surface area (Å²) < 4.78 is 12.9. The zero-order valence-electron chi connectivity index (χ0n) is 28.9. The van der Waals surface area contributed by atoms with Crippen LogP contribution in [0.25, 0.3) is 111 Å². The lowest BCUT2D eigenvalue weighted by molar-refractivity contribution is 0.622. The van der Waals surface area contributed by atoms with Crippen LogP contribution >= 0.6 is 0 Å². The van der Waals surface area contributed by atoms with Crippen LogP contribution in [-0.2, 0) is 0 Å². The van der Waals surface area contributed by atoms with Gasteiger partial charge in [0.05, 0.1) is 16.8 Å². The van der Waals surface area contributed by atoms with Crippen LogP contribution < -0.4 is 0 Å². The summed E-state index contributed by atoms with van der Waals surface area (Å²) in [6, 6.07) is 60.5. The Morgan fingerprint density at radius 3 is 1.76 bits per heavy atom. The number of hydrogen-bond donors (Lipinski definition) is 0. The number of rotatable bonds is 5. The molecular weight excluding hydrogens is 663 g/mol. The van der Waals surface area contributed by atoms with Crippen molar-refractivity contribution < 1.29 is 8.83 Å². The van der Waals surface area contributed by atoms with Gasteiger partial charge in [-0.3, -0.25) is 0 Å². The van der Waals surface area contributed by atoms with Crippen LogP contribution in [0.2, 0.25) is 0 Å². The molecule has 5 nitrogen and oxygen atoms in total. The van der Waals surface area contributed by atoms with E-state index in [0.29, 0.717) is 17.3 Å². The highest BCUT2D eigenvalue weighted by atomic mass is 16.4. The fourth-order valence-electron chi connectivity index (χ4n) is 7.76. The molecule has 11 rings (SSSR count). The molecule has 0 unspecified atom stereocenters. The second kappa shape index (κ2) is 12.1. The molecule has 11 aromatic rings. The van der Waals surface area contributed by atoms with E-state index < -0.39 is 0 Å². The molecule has 0 amide bonds. The average Bonchev–Trinajstić information content (AvgIpc) is 3.86. The third-order valence-corrected chi connectivity index (χ3v) is 10.3. The Morgan fingerprint density at radius 1 is 0.370 bits per heavy atom. The van der Waals surface area contributed by atoms with E-state index in [0.717, 1.165) is 77.3 Å². The molecule has 54 heavy (non-hydrogen) atoms. The van der Waals surface area contributed by atoms with Crippen LogP contribution in [0.4, 0.5) is 0 Å². The molecule has 0 fully saturated rings. The number of hydrogen-bond acceptors (Lipinski definition) is 5. The van der Waals surface area contributed by atoms with Crippen LogP contribution in [0.3, 0.4) is 0 Å². The van der Waals surface area contributed by atoms with Crippen molar-refractivity contribution in [2.45, 2.75) is 0 Å². The molecule has 3 heterocycles. The number of nitrogens with zero attached hydrogens (tertiary/aromatic N) is 3. The Labute approximate surface area is 309 Å². The van der Waals surface area contributed by atoms with Gasteiger partial charge in [0.25, 0.3) is 0 Å². The zero-order valence-corrected chi connectivity index (χ0v) is 28.9. The smallest absolute Gasteiger partial charge is 0.227 e.